The van der Waals surface area contributed by atoms with E-state index in [4.69, 9.17) is 0 Å². The van der Waals surface area contributed by atoms with Crippen LogP contribution in [0.25, 0.3) is 0 Å². The minimum absolute atomic E-state index is 0.217. The predicted octanol–water partition coefficient (Wildman–Crippen LogP) is 1.83. The largest absolute Gasteiger partial charge is 0.363 e. The highest BCUT2D eigenvalue weighted by molar-refractivity contribution is 7.89. The fraction of sp³-hybridized carbons (Fsp3) is 0.312. The summed E-state index contributed by atoms with van der Waals surface area (Å²) in [4.78, 5) is 0.220. The first-order valence-corrected chi connectivity index (χ1v) is 8.71. The highest BCUT2D eigenvalue weighted by Gasteiger charge is 2.21. The van der Waals surface area contributed by atoms with Crippen molar-refractivity contribution < 1.29 is 8.42 Å². The number of hydrogen-bond donors (Lipinski definition) is 1. The quantitative estimate of drug-likeness (QED) is 0.887. The molecule has 0 saturated carbocycles. The second-order valence-corrected chi connectivity index (χ2v) is 7.61. The van der Waals surface area contributed by atoms with Gasteiger partial charge in [0.05, 0.1) is 10.6 Å². The average Bonchev–Trinajstić information content (AvgIpc) is 2.56. The molecule has 2 aromatic rings. The van der Waals surface area contributed by atoms with Crippen LogP contribution in [0.5, 0.6) is 0 Å². The number of rotatable bonds is 5. The van der Waals surface area contributed by atoms with Gasteiger partial charge in [0.15, 0.2) is 5.82 Å². The molecule has 0 aliphatic heterocycles. The monoisotopic (exact) mass is 345 g/mol. The molecule has 1 heterocycles. The maximum Gasteiger partial charge on any atom is 0.242 e. The molecule has 126 valence electrons. The summed E-state index contributed by atoms with van der Waals surface area (Å²) in [5, 5.41) is 20.4. The van der Waals surface area contributed by atoms with Gasteiger partial charge in [-0.25, -0.2) is 12.7 Å². The molecule has 0 atom stereocenters. The zero-order valence-corrected chi connectivity index (χ0v) is 14.8. The summed E-state index contributed by atoms with van der Waals surface area (Å²) in [6.45, 7) is 3.80. The van der Waals surface area contributed by atoms with E-state index in [9.17, 15) is 13.7 Å². The lowest BCUT2D eigenvalue weighted by Gasteiger charge is -2.16. The topological polar surface area (TPSA) is 99.0 Å². The normalized spacial score (nSPS) is 11.3. The third kappa shape index (κ3) is 3.37. The molecule has 1 N–H and O–H groups in total. The van der Waals surface area contributed by atoms with Crippen LogP contribution >= 0.6 is 0 Å². The smallest absolute Gasteiger partial charge is 0.242 e. The predicted molar refractivity (Wildman–Crippen MR) is 90.9 cm³/mol. The van der Waals surface area contributed by atoms with E-state index in [2.05, 4.69) is 21.6 Å². The molecule has 0 radical (unpaired) electrons. The second kappa shape index (κ2) is 6.95. The van der Waals surface area contributed by atoms with Crippen molar-refractivity contribution in [2.75, 3.05) is 19.4 Å². The van der Waals surface area contributed by atoms with Crippen molar-refractivity contribution in [1.82, 2.24) is 14.5 Å². The van der Waals surface area contributed by atoms with Gasteiger partial charge >= 0.3 is 0 Å². The van der Waals surface area contributed by atoms with Crippen LogP contribution in [0.1, 0.15) is 22.4 Å². The van der Waals surface area contributed by atoms with E-state index >= 15 is 0 Å². The van der Waals surface area contributed by atoms with Crippen molar-refractivity contribution in [3.05, 3.63) is 46.6 Å². The SMILES string of the molecule is Cc1nnc(NCc2ccccc2S(=O)(=O)N(C)C)c(C#N)c1C. The molecule has 0 fully saturated rings. The van der Waals surface area contributed by atoms with Crippen LogP contribution in [0.15, 0.2) is 29.2 Å². The van der Waals surface area contributed by atoms with Crippen molar-refractivity contribution in [3.63, 3.8) is 0 Å². The Labute approximate surface area is 142 Å². The summed E-state index contributed by atoms with van der Waals surface area (Å²) in [5.41, 5.74) is 2.45. The Bertz CT molecular complexity index is 901. The summed E-state index contributed by atoms with van der Waals surface area (Å²) >= 11 is 0. The zero-order valence-electron chi connectivity index (χ0n) is 14.0. The molecule has 0 unspecified atom stereocenters. The molecule has 0 aliphatic rings. The zero-order chi connectivity index (χ0) is 17.9. The Hall–Kier alpha value is -2.50. The molecular weight excluding hydrogens is 326 g/mol. The summed E-state index contributed by atoms with van der Waals surface area (Å²) < 4.78 is 26.0. The molecule has 8 heteroatoms. The van der Waals surface area contributed by atoms with Gasteiger partial charge < -0.3 is 5.32 Å². The number of nitrogens with one attached hydrogen (secondary N) is 1. The number of hydrogen-bond acceptors (Lipinski definition) is 6. The summed E-state index contributed by atoms with van der Waals surface area (Å²) in [6.07, 6.45) is 0. The van der Waals surface area contributed by atoms with Crippen LogP contribution in [0.2, 0.25) is 0 Å². The van der Waals surface area contributed by atoms with Crippen molar-refractivity contribution in [3.8, 4) is 6.07 Å². The number of aromatic nitrogens is 2. The molecular formula is C16H19N5O2S. The number of aryl methyl sites for hydroxylation is 1. The number of benzene rings is 1. The molecule has 1 aromatic carbocycles. The minimum Gasteiger partial charge on any atom is -0.363 e. The molecule has 0 saturated heterocycles. The van der Waals surface area contributed by atoms with Crippen molar-refractivity contribution in [1.29, 1.82) is 5.26 Å². The van der Waals surface area contributed by atoms with Crippen LogP contribution in [0.3, 0.4) is 0 Å². The van der Waals surface area contributed by atoms with Gasteiger partial charge in [-0.1, -0.05) is 18.2 Å². The maximum atomic E-state index is 12.4. The Balaban J connectivity index is 2.36. The van der Waals surface area contributed by atoms with Crippen molar-refractivity contribution in [2.24, 2.45) is 0 Å². The third-order valence-electron chi connectivity index (χ3n) is 3.74. The fourth-order valence-electron chi connectivity index (χ4n) is 2.15. The Morgan fingerprint density at radius 2 is 1.88 bits per heavy atom. The lowest BCUT2D eigenvalue weighted by Crippen LogP contribution is -2.24. The maximum absolute atomic E-state index is 12.4. The van der Waals surface area contributed by atoms with Gasteiger partial charge in [0, 0.05) is 20.6 Å². The van der Waals surface area contributed by atoms with Crippen LogP contribution < -0.4 is 5.32 Å². The van der Waals surface area contributed by atoms with Crippen molar-refractivity contribution >= 4 is 15.8 Å². The molecule has 0 amide bonds. The van der Waals surface area contributed by atoms with E-state index in [0.717, 1.165) is 5.56 Å². The molecule has 2 rings (SSSR count). The van der Waals surface area contributed by atoms with Crippen LogP contribution in [0.4, 0.5) is 5.82 Å². The number of nitriles is 1. The number of nitrogens with zero attached hydrogens (tertiary/aromatic N) is 4. The number of anilines is 1. The van der Waals surface area contributed by atoms with Gasteiger partial charge in [-0.3, -0.25) is 0 Å². The van der Waals surface area contributed by atoms with Crippen molar-refractivity contribution in [2.45, 2.75) is 25.3 Å². The van der Waals surface area contributed by atoms with Crippen LogP contribution in [-0.4, -0.2) is 37.0 Å². The summed E-state index contributed by atoms with van der Waals surface area (Å²) in [7, 11) is -0.574. The first kappa shape index (κ1) is 17.8. The van der Waals surface area contributed by atoms with Gasteiger partial charge in [0.25, 0.3) is 0 Å². The van der Waals surface area contributed by atoms with E-state index in [1.54, 1.807) is 38.1 Å². The Kier molecular flexibility index (Phi) is 5.17. The molecule has 0 aliphatic carbocycles. The lowest BCUT2D eigenvalue weighted by molar-refractivity contribution is 0.520. The highest BCUT2D eigenvalue weighted by atomic mass is 32.2. The van der Waals surface area contributed by atoms with E-state index < -0.39 is 10.0 Å². The molecule has 1 aromatic heterocycles. The minimum atomic E-state index is -3.55. The first-order valence-electron chi connectivity index (χ1n) is 7.27. The number of sulfonamides is 1. The van der Waals surface area contributed by atoms with E-state index in [0.29, 0.717) is 22.6 Å². The second-order valence-electron chi connectivity index (χ2n) is 5.49. The van der Waals surface area contributed by atoms with E-state index in [-0.39, 0.29) is 11.4 Å². The lowest BCUT2D eigenvalue weighted by atomic mass is 10.1. The van der Waals surface area contributed by atoms with Gasteiger partial charge in [-0.15, -0.1) is 5.10 Å². The summed E-state index contributed by atoms with van der Waals surface area (Å²) in [6, 6.07) is 8.84. The molecule has 0 bridgehead atoms. The van der Waals surface area contributed by atoms with Crippen LogP contribution in [0, 0.1) is 25.2 Å². The highest BCUT2D eigenvalue weighted by Crippen LogP contribution is 2.21. The van der Waals surface area contributed by atoms with Gasteiger partial charge in [0.2, 0.25) is 10.0 Å². The molecule has 0 spiro atoms. The average molecular weight is 345 g/mol. The fourth-order valence-corrected chi connectivity index (χ4v) is 3.26. The first-order chi connectivity index (χ1) is 11.3. The standard InChI is InChI=1S/C16H19N5O2S/c1-11-12(2)19-20-16(14(11)9-17)18-10-13-7-5-6-8-15(13)24(22,23)21(3)4/h5-8H,10H2,1-4H3,(H,18,20). The van der Waals surface area contributed by atoms with E-state index in [1.165, 1.54) is 18.4 Å². The van der Waals surface area contributed by atoms with Gasteiger partial charge in [-0.2, -0.15) is 10.4 Å². The molecule has 24 heavy (non-hydrogen) atoms. The van der Waals surface area contributed by atoms with Gasteiger partial charge in [-0.05, 0) is 31.0 Å². The third-order valence-corrected chi connectivity index (χ3v) is 5.66. The van der Waals surface area contributed by atoms with Gasteiger partial charge in [0.1, 0.15) is 11.6 Å². The summed E-state index contributed by atoms with van der Waals surface area (Å²) in [5.74, 6) is 0.345. The Morgan fingerprint density at radius 1 is 1.21 bits per heavy atom. The van der Waals surface area contributed by atoms with Crippen LogP contribution in [-0.2, 0) is 16.6 Å². The molecule has 7 nitrogen and oxygen atoms in total. The van der Waals surface area contributed by atoms with E-state index in [1.807, 2.05) is 0 Å². The Morgan fingerprint density at radius 3 is 2.50 bits per heavy atom.